The minimum absolute atomic E-state index is 0.133. The van der Waals surface area contributed by atoms with Crippen LogP contribution in [0.1, 0.15) is 36.0 Å². The third-order valence-corrected chi connectivity index (χ3v) is 5.31. The second-order valence-corrected chi connectivity index (χ2v) is 7.23. The number of halogens is 1. The fraction of sp³-hybridized carbons (Fsp3) is 0.381. The molecule has 2 heterocycles. The molecule has 3 rings (SSSR count). The third-order valence-electron chi connectivity index (χ3n) is 5.02. The van der Waals surface area contributed by atoms with Crippen molar-refractivity contribution in [2.45, 2.75) is 25.8 Å². The number of aromatic nitrogens is 1. The molecule has 1 saturated heterocycles. The van der Waals surface area contributed by atoms with E-state index >= 15 is 0 Å². The highest BCUT2D eigenvalue weighted by atomic mass is 35.5. The Balaban J connectivity index is 1.45. The lowest BCUT2D eigenvalue weighted by Gasteiger charge is -2.32. The molecule has 2 aromatic rings. The van der Waals surface area contributed by atoms with Gasteiger partial charge in [0.25, 0.3) is 0 Å². The summed E-state index contributed by atoms with van der Waals surface area (Å²) in [5.74, 6) is 1.13. The number of nitrogens with zero attached hydrogens (tertiary/aromatic N) is 4. The third kappa shape index (κ3) is 5.20. The lowest BCUT2D eigenvalue weighted by molar-refractivity contribution is 0.174. The van der Waals surface area contributed by atoms with Gasteiger partial charge in [0.05, 0.1) is 11.1 Å². The summed E-state index contributed by atoms with van der Waals surface area (Å²) in [5.41, 5.74) is 1.95. The molecule has 27 heavy (non-hydrogen) atoms. The molecule has 1 aliphatic rings. The van der Waals surface area contributed by atoms with Crippen LogP contribution in [0.15, 0.2) is 36.4 Å². The van der Waals surface area contributed by atoms with Crippen molar-refractivity contribution in [1.29, 1.82) is 10.5 Å². The molecule has 0 atom stereocenters. The average molecular weight is 380 g/mol. The van der Waals surface area contributed by atoms with Crippen molar-refractivity contribution in [3.8, 4) is 12.1 Å². The average Bonchev–Trinajstić information content (AvgIpc) is 2.70. The Morgan fingerprint density at radius 1 is 1.11 bits per heavy atom. The summed E-state index contributed by atoms with van der Waals surface area (Å²) in [6.07, 6.45) is 3.39. The van der Waals surface area contributed by atoms with Gasteiger partial charge in [0.1, 0.15) is 23.1 Å². The van der Waals surface area contributed by atoms with E-state index in [-0.39, 0.29) is 10.7 Å². The zero-order valence-corrected chi connectivity index (χ0v) is 15.9. The predicted octanol–water partition coefficient (Wildman–Crippen LogP) is 4.19. The number of hydrogen-bond donors (Lipinski definition) is 1. The van der Waals surface area contributed by atoms with Crippen molar-refractivity contribution in [3.05, 3.63) is 58.2 Å². The largest absolute Gasteiger partial charge is 0.369 e. The van der Waals surface area contributed by atoms with Crippen LogP contribution in [0.4, 0.5) is 5.82 Å². The van der Waals surface area contributed by atoms with Crippen LogP contribution in [-0.4, -0.2) is 29.5 Å². The summed E-state index contributed by atoms with van der Waals surface area (Å²) in [6.45, 7) is 3.99. The van der Waals surface area contributed by atoms with Crippen LogP contribution in [0.2, 0.25) is 5.15 Å². The quantitative estimate of drug-likeness (QED) is 0.761. The first-order chi connectivity index (χ1) is 13.2. The number of hydrogen-bond acceptors (Lipinski definition) is 5. The molecule has 0 radical (unpaired) electrons. The molecule has 0 bridgehead atoms. The molecule has 1 aromatic heterocycles. The van der Waals surface area contributed by atoms with Gasteiger partial charge in [-0.2, -0.15) is 10.5 Å². The Morgan fingerprint density at radius 2 is 1.81 bits per heavy atom. The molecule has 0 spiro atoms. The van der Waals surface area contributed by atoms with Gasteiger partial charge in [-0.15, -0.1) is 0 Å². The Labute approximate surface area is 165 Å². The van der Waals surface area contributed by atoms with Gasteiger partial charge >= 0.3 is 0 Å². The smallest absolute Gasteiger partial charge is 0.149 e. The van der Waals surface area contributed by atoms with E-state index in [1.807, 2.05) is 6.07 Å². The van der Waals surface area contributed by atoms with E-state index in [4.69, 9.17) is 16.9 Å². The molecular weight excluding hydrogens is 358 g/mol. The Kier molecular flexibility index (Phi) is 6.65. The van der Waals surface area contributed by atoms with Crippen LogP contribution in [-0.2, 0) is 6.54 Å². The SMILES string of the molecule is N#Cc1cc(C#N)c(NCCC2CCN(Cc3ccccc3)CC2)nc1Cl. The minimum atomic E-state index is 0.133. The second kappa shape index (κ2) is 9.37. The zero-order chi connectivity index (χ0) is 19.1. The first-order valence-corrected chi connectivity index (χ1v) is 9.58. The molecule has 1 aromatic carbocycles. The fourth-order valence-corrected chi connectivity index (χ4v) is 3.64. The van der Waals surface area contributed by atoms with Gasteiger partial charge in [-0.3, -0.25) is 4.90 Å². The van der Waals surface area contributed by atoms with Crippen LogP contribution >= 0.6 is 11.6 Å². The molecular formula is C21H22ClN5. The number of pyridine rings is 1. The van der Waals surface area contributed by atoms with E-state index in [0.717, 1.165) is 32.6 Å². The van der Waals surface area contributed by atoms with Gasteiger partial charge in [0, 0.05) is 13.1 Å². The summed E-state index contributed by atoms with van der Waals surface area (Å²) < 4.78 is 0. The molecule has 0 saturated carbocycles. The van der Waals surface area contributed by atoms with E-state index in [2.05, 4.69) is 51.6 Å². The van der Waals surface area contributed by atoms with Gasteiger partial charge in [-0.1, -0.05) is 41.9 Å². The van der Waals surface area contributed by atoms with Crippen LogP contribution in [0, 0.1) is 28.6 Å². The number of anilines is 1. The number of nitriles is 2. The standard InChI is InChI=1S/C21H22ClN5/c22-20-18(13-23)12-19(14-24)21(26-20)25-9-6-16-7-10-27(11-8-16)15-17-4-2-1-3-5-17/h1-5,12,16H,6-11,15H2,(H,25,26). The highest BCUT2D eigenvalue weighted by Crippen LogP contribution is 2.24. The van der Waals surface area contributed by atoms with Gasteiger partial charge in [-0.05, 0) is 49.9 Å². The van der Waals surface area contributed by atoms with E-state index in [1.54, 1.807) is 0 Å². The molecule has 5 nitrogen and oxygen atoms in total. The first-order valence-electron chi connectivity index (χ1n) is 9.20. The lowest BCUT2D eigenvalue weighted by atomic mass is 9.93. The zero-order valence-electron chi connectivity index (χ0n) is 15.2. The maximum Gasteiger partial charge on any atom is 0.149 e. The second-order valence-electron chi connectivity index (χ2n) is 6.87. The molecule has 138 valence electrons. The predicted molar refractivity (Wildman–Crippen MR) is 106 cm³/mol. The van der Waals surface area contributed by atoms with E-state index in [0.29, 0.717) is 17.3 Å². The first kappa shape index (κ1) is 19.2. The van der Waals surface area contributed by atoms with Crippen LogP contribution in [0.3, 0.4) is 0 Å². The summed E-state index contributed by atoms with van der Waals surface area (Å²) in [5, 5.41) is 21.6. The van der Waals surface area contributed by atoms with Crippen LogP contribution in [0.5, 0.6) is 0 Å². The fourth-order valence-electron chi connectivity index (χ4n) is 3.46. The molecule has 1 fully saturated rings. The Hall–Kier alpha value is -2.60. The van der Waals surface area contributed by atoms with Gasteiger partial charge in [0.2, 0.25) is 0 Å². The van der Waals surface area contributed by atoms with E-state index in [9.17, 15) is 5.26 Å². The summed E-state index contributed by atoms with van der Waals surface area (Å²) in [6, 6.07) is 16.1. The Morgan fingerprint density at radius 3 is 2.48 bits per heavy atom. The van der Waals surface area contributed by atoms with Crippen molar-refractivity contribution in [2.24, 2.45) is 5.92 Å². The number of benzene rings is 1. The number of likely N-dealkylation sites (tertiary alicyclic amines) is 1. The molecule has 6 heteroatoms. The van der Waals surface area contributed by atoms with Crippen LogP contribution in [0.25, 0.3) is 0 Å². The maximum atomic E-state index is 9.24. The molecule has 1 aliphatic heterocycles. The number of rotatable bonds is 6. The molecule has 0 unspecified atom stereocenters. The maximum absolute atomic E-state index is 9.24. The van der Waals surface area contributed by atoms with Crippen LogP contribution < -0.4 is 5.32 Å². The summed E-state index contributed by atoms with van der Waals surface area (Å²) in [7, 11) is 0. The molecule has 0 amide bonds. The highest BCUT2D eigenvalue weighted by Gasteiger charge is 2.19. The van der Waals surface area contributed by atoms with Gasteiger partial charge < -0.3 is 5.32 Å². The molecule has 1 N–H and O–H groups in total. The summed E-state index contributed by atoms with van der Waals surface area (Å²) >= 11 is 5.98. The highest BCUT2D eigenvalue weighted by molar-refractivity contribution is 6.30. The van der Waals surface area contributed by atoms with E-state index in [1.165, 1.54) is 24.5 Å². The van der Waals surface area contributed by atoms with Crippen molar-refractivity contribution in [2.75, 3.05) is 25.0 Å². The topological polar surface area (TPSA) is 75.7 Å². The van der Waals surface area contributed by atoms with Gasteiger partial charge in [-0.25, -0.2) is 4.98 Å². The van der Waals surface area contributed by atoms with Gasteiger partial charge in [0.15, 0.2) is 0 Å². The molecule has 0 aliphatic carbocycles. The monoisotopic (exact) mass is 379 g/mol. The summed E-state index contributed by atoms with van der Waals surface area (Å²) in [4.78, 5) is 6.67. The van der Waals surface area contributed by atoms with Crippen molar-refractivity contribution >= 4 is 17.4 Å². The number of piperidine rings is 1. The van der Waals surface area contributed by atoms with Crippen molar-refractivity contribution in [1.82, 2.24) is 9.88 Å². The van der Waals surface area contributed by atoms with E-state index < -0.39 is 0 Å². The normalized spacial score (nSPS) is 15.1. The minimum Gasteiger partial charge on any atom is -0.369 e. The number of nitrogens with one attached hydrogen (secondary N) is 1. The lowest BCUT2D eigenvalue weighted by Crippen LogP contribution is -2.33. The Bertz CT molecular complexity index is 845. The van der Waals surface area contributed by atoms with Crippen molar-refractivity contribution < 1.29 is 0 Å². The van der Waals surface area contributed by atoms with Crippen molar-refractivity contribution in [3.63, 3.8) is 0 Å².